The van der Waals surface area contributed by atoms with Crippen molar-refractivity contribution in [1.29, 1.82) is 0 Å². The van der Waals surface area contributed by atoms with E-state index < -0.39 is 29.9 Å². The predicted octanol–water partition coefficient (Wildman–Crippen LogP) is 3.21. The molecule has 1 aliphatic rings. The van der Waals surface area contributed by atoms with Crippen LogP contribution in [0.5, 0.6) is 5.75 Å². The Morgan fingerprint density at radius 1 is 1.04 bits per heavy atom. The first-order valence-corrected chi connectivity index (χ1v) is 7.28. The molecule has 144 valence electrons. The number of halogens is 4. The molecule has 0 spiro atoms. The summed E-state index contributed by atoms with van der Waals surface area (Å²) in [7, 11) is 2.14. The number of allylic oxidation sites excluding steroid dienone is 2. The zero-order chi connectivity index (χ0) is 20.2. The second kappa shape index (κ2) is 7.94. The van der Waals surface area contributed by atoms with Crippen molar-refractivity contribution in [3.05, 3.63) is 59.7 Å². The molecule has 0 fully saturated rings. The van der Waals surface area contributed by atoms with Gasteiger partial charge in [-0.3, -0.25) is 0 Å². The van der Waals surface area contributed by atoms with E-state index in [1.165, 1.54) is 24.4 Å². The molecule has 0 aliphatic carbocycles. The number of benzene rings is 1. The third-order valence-electron chi connectivity index (χ3n) is 3.30. The van der Waals surface area contributed by atoms with Gasteiger partial charge in [0, 0.05) is 12.3 Å². The van der Waals surface area contributed by atoms with Crippen LogP contribution in [0.1, 0.15) is 0 Å². The minimum atomic E-state index is -4.99. The Balaban J connectivity index is 2.57. The van der Waals surface area contributed by atoms with E-state index >= 15 is 0 Å². The second-order valence-corrected chi connectivity index (χ2v) is 4.98. The normalized spacial score (nSPS) is 14.1. The number of nitrogens with zero attached hydrogens (tertiary/aromatic N) is 1. The smallest absolute Gasteiger partial charge is 0.465 e. The summed E-state index contributed by atoms with van der Waals surface area (Å²) in [6.45, 7) is 0. The average molecular weight is 387 g/mol. The van der Waals surface area contributed by atoms with Crippen LogP contribution >= 0.6 is 0 Å². The number of anilines is 1. The Bertz CT molecular complexity index is 842. The highest BCUT2D eigenvalue weighted by Gasteiger charge is 2.32. The predicted molar refractivity (Wildman–Crippen MR) is 84.9 cm³/mol. The van der Waals surface area contributed by atoms with Crippen molar-refractivity contribution in [2.24, 2.45) is 0 Å². The van der Waals surface area contributed by atoms with Crippen LogP contribution in [-0.2, 0) is 19.1 Å². The molecule has 6 nitrogen and oxygen atoms in total. The lowest BCUT2D eigenvalue weighted by Crippen LogP contribution is -2.27. The molecule has 0 aromatic heterocycles. The fourth-order valence-electron chi connectivity index (χ4n) is 2.23. The summed E-state index contributed by atoms with van der Waals surface area (Å²) in [4.78, 5) is 25.2. The topological polar surface area (TPSA) is 65.1 Å². The third kappa shape index (κ3) is 4.66. The van der Waals surface area contributed by atoms with Gasteiger partial charge in [0.15, 0.2) is 5.82 Å². The molecule has 0 amide bonds. The summed E-state index contributed by atoms with van der Waals surface area (Å²) < 4.78 is 64.2. The van der Waals surface area contributed by atoms with Gasteiger partial charge in [-0.05, 0) is 24.3 Å². The van der Waals surface area contributed by atoms with Gasteiger partial charge in [-0.25, -0.2) is 14.0 Å². The van der Waals surface area contributed by atoms with Crippen molar-refractivity contribution in [3.8, 4) is 5.75 Å². The van der Waals surface area contributed by atoms with Crippen LogP contribution in [0.3, 0.4) is 0 Å². The summed E-state index contributed by atoms with van der Waals surface area (Å²) in [6.07, 6.45) is 0.289. The van der Waals surface area contributed by atoms with Gasteiger partial charge >= 0.3 is 18.3 Å². The van der Waals surface area contributed by atoms with Crippen molar-refractivity contribution in [2.45, 2.75) is 6.36 Å². The Hall–Kier alpha value is -3.30. The lowest BCUT2D eigenvalue weighted by molar-refractivity contribution is -0.274. The highest BCUT2D eigenvalue weighted by atomic mass is 19.4. The van der Waals surface area contributed by atoms with Crippen molar-refractivity contribution < 1.29 is 41.4 Å². The number of hydrogen-bond donors (Lipinski definition) is 0. The van der Waals surface area contributed by atoms with Crippen LogP contribution in [-0.4, -0.2) is 32.5 Å². The number of hydrogen-bond acceptors (Lipinski definition) is 6. The van der Waals surface area contributed by atoms with Gasteiger partial charge in [0.2, 0.25) is 0 Å². The maximum absolute atomic E-state index is 14.5. The van der Waals surface area contributed by atoms with Crippen LogP contribution < -0.4 is 9.64 Å². The van der Waals surface area contributed by atoms with E-state index in [1.54, 1.807) is 0 Å². The monoisotopic (exact) mass is 387 g/mol. The first kappa shape index (κ1) is 20.0. The van der Waals surface area contributed by atoms with Crippen molar-refractivity contribution >= 4 is 17.6 Å². The zero-order valence-corrected chi connectivity index (χ0v) is 14.0. The molecule has 1 aromatic carbocycles. The van der Waals surface area contributed by atoms with Crippen molar-refractivity contribution in [2.75, 3.05) is 19.1 Å². The number of rotatable bonds is 4. The van der Waals surface area contributed by atoms with Gasteiger partial charge in [0.05, 0.1) is 25.5 Å². The van der Waals surface area contributed by atoms with Gasteiger partial charge in [-0.15, -0.1) is 13.2 Å². The molecule has 0 saturated carbocycles. The summed E-state index contributed by atoms with van der Waals surface area (Å²) in [6, 6.07) is 2.33. The molecule has 0 radical (unpaired) electrons. The summed E-state index contributed by atoms with van der Waals surface area (Å²) in [5.41, 5.74) is -0.923. The largest absolute Gasteiger partial charge is 0.573 e. The molecule has 0 N–H and O–H groups in total. The molecule has 27 heavy (non-hydrogen) atoms. The number of methoxy groups -OCH3 is 2. The molecular weight excluding hydrogens is 374 g/mol. The molecule has 0 bridgehead atoms. The maximum Gasteiger partial charge on any atom is 0.573 e. The number of carbonyl (C=O) groups is 2. The highest BCUT2D eigenvalue weighted by Crippen LogP contribution is 2.32. The van der Waals surface area contributed by atoms with Gasteiger partial charge in [0.1, 0.15) is 11.4 Å². The van der Waals surface area contributed by atoms with Gasteiger partial charge in [-0.1, -0.05) is 6.08 Å². The minimum Gasteiger partial charge on any atom is -0.465 e. The molecule has 1 aliphatic heterocycles. The Kier molecular flexibility index (Phi) is 5.88. The van der Waals surface area contributed by atoms with E-state index in [9.17, 15) is 27.2 Å². The molecule has 0 unspecified atom stereocenters. The van der Waals surface area contributed by atoms with Gasteiger partial charge in [-0.2, -0.15) is 0 Å². The van der Waals surface area contributed by atoms with Crippen LogP contribution in [0.2, 0.25) is 0 Å². The molecular formula is C17H13F4NO5. The highest BCUT2D eigenvalue weighted by molar-refractivity contribution is 6.05. The van der Waals surface area contributed by atoms with Crippen LogP contribution in [0.15, 0.2) is 53.9 Å². The number of esters is 2. The molecule has 0 atom stereocenters. The van der Waals surface area contributed by atoms with Crippen LogP contribution in [0.4, 0.5) is 23.2 Å². The van der Waals surface area contributed by atoms with E-state index in [0.29, 0.717) is 6.07 Å². The third-order valence-corrected chi connectivity index (χ3v) is 3.30. The quantitative estimate of drug-likeness (QED) is 0.584. The summed E-state index contributed by atoms with van der Waals surface area (Å²) in [5.74, 6) is -3.79. The number of ether oxygens (including phenoxy) is 3. The van der Waals surface area contributed by atoms with Crippen LogP contribution in [0, 0.1) is 5.82 Å². The first-order chi connectivity index (χ1) is 12.7. The van der Waals surface area contributed by atoms with Crippen molar-refractivity contribution in [1.82, 2.24) is 0 Å². The van der Waals surface area contributed by atoms with Gasteiger partial charge < -0.3 is 19.1 Å². The fourth-order valence-corrected chi connectivity index (χ4v) is 2.23. The maximum atomic E-state index is 14.5. The van der Waals surface area contributed by atoms with E-state index in [2.05, 4.69) is 14.2 Å². The van der Waals surface area contributed by atoms with Crippen molar-refractivity contribution in [3.63, 3.8) is 0 Å². The van der Waals surface area contributed by atoms with E-state index in [1.807, 2.05) is 0 Å². The van der Waals surface area contributed by atoms with E-state index in [-0.39, 0.29) is 17.0 Å². The fraction of sp³-hybridized carbons (Fsp3) is 0.176. The first-order valence-electron chi connectivity index (χ1n) is 7.28. The molecule has 1 heterocycles. The summed E-state index contributed by atoms with van der Waals surface area (Å²) in [5, 5.41) is 0. The molecule has 10 heteroatoms. The average Bonchev–Trinajstić information content (AvgIpc) is 2.82. The lowest BCUT2D eigenvalue weighted by Gasteiger charge is -2.23. The number of carbonyl (C=O) groups excluding carboxylic acids is 2. The lowest BCUT2D eigenvalue weighted by atomic mass is 10.1. The summed E-state index contributed by atoms with van der Waals surface area (Å²) >= 11 is 0. The minimum absolute atomic E-state index is 0.232. The molecule has 1 aromatic rings. The van der Waals surface area contributed by atoms with Crippen LogP contribution in [0.25, 0.3) is 0 Å². The Morgan fingerprint density at radius 3 is 2.26 bits per heavy atom. The second-order valence-electron chi connectivity index (χ2n) is 4.98. The van der Waals surface area contributed by atoms with E-state index in [0.717, 1.165) is 31.3 Å². The van der Waals surface area contributed by atoms with Gasteiger partial charge in [0.25, 0.3) is 0 Å². The number of alkyl halides is 3. The standard InChI is InChI=1S/C17H13F4NO5/c1-25-15(23)11-5-3-4-8-22(14(11)16(24)26-2)13-7-6-10(9-12(13)18)27-17(19,20)21/h3-9H,1-2H3. The Labute approximate surface area is 150 Å². The Morgan fingerprint density at radius 2 is 1.70 bits per heavy atom. The molecule has 2 rings (SSSR count). The SMILES string of the molecule is COC(=O)C1=C(C(=O)OC)N(c2ccc(OC(F)(F)F)cc2F)C=CC=C1. The van der Waals surface area contributed by atoms with E-state index in [4.69, 9.17) is 0 Å². The molecule has 0 saturated heterocycles. The zero-order valence-electron chi connectivity index (χ0n) is 14.0.